The number of fused-ring (bicyclic) bond motifs is 5. The minimum absolute atomic E-state index is 0.195. The molecule has 58 heavy (non-hydrogen) atoms. The van der Waals surface area contributed by atoms with E-state index in [9.17, 15) is 0 Å². The van der Waals surface area contributed by atoms with Crippen molar-refractivity contribution >= 4 is 58.5 Å². The number of hydrogen-bond donors (Lipinski definition) is 0. The van der Waals surface area contributed by atoms with Crippen molar-refractivity contribution in [1.82, 2.24) is 0 Å². The van der Waals surface area contributed by atoms with E-state index in [4.69, 9.17) is 17.0 Å². The van der Waals surface area contributed by atoms with E-state index in [2.05, 4.69) is 207 Å². The first-order chi connectivity index (χ1) is 27.9. The molecule has 1 aliphatic heterocycles. The fourth-order valence-corrected chi connectivity index (χ4v) is 9.02. The van der Waals surface area contributed by atoms with E-state index in [0.717, 1.165) is 22.4 Å². The Morgan fingerprint density at radius 1 is 0.517 bits per heavy atom. The first kappa shape index (κ1) is 43.8. The van der Waals surface area contributed by atoms with Crippen LogP contribution >= 0.6 is 17.0 Å². The second kappa shape index (κ2) is 19.5. The van der Waals surface area contributed by atoms with Gasteiger partial charge in [-0.2, -0.15) is 41.6 Å². The Balaban J connectivity index is 0.000000145. The molecule has 0 amide bonds. The van der Waals surface area contributed by atoms with Crippen molar-refractivity contribution in [3.63, 3.8) is 0 Å². The molecule has 2 radical (unpaired) electrons. The molecule has 4 heteroatoms. The molecule has 0 nitrogen and oxygen atoms in total. The van der Waals surface area contributed by atoms with Crippen LogP contribution in [0.15, 0.2) is 152 Å². The fourth-order valence-electron chi connectivity index (χ4n) is 7.71. The molecule has 8 aromatic rings. The minimum Gasteiger partial charge on any atom is -0.184 e. The van der Waals surface area contributed by atoms with Crippen molar-refractivity contribution in [1.29, 1.82) is 0 Å². The van der Waals surface area contributed by atoms with Crippen molar-refractivity contribution in [2.45, 2.75) is 79.1 Å². The summed E-state index contributed by atoms with van der Waals surface area (Å²) in [6.07, 6.45) is 2.14. The first-order valence-corrected chi connectivity index (χ1v) is 27.6. The van der Waals surface area contributed by atoms with Gasteiger partial charge in [0, 0.05) is 0 Å². The molecule has 0 spiro atoms. The van der Waals surface area contributed by atoms with Gasteiger partial charge in [0.2, 0.25) is 0 Å². The van der Waals surface area contributed by atoms with Crippen molar-refractivity contribution in [2.75, 3.05) is 0 Å². The van der Waals surface area contributed by atoms with Crippen LogP contribution < -0.4 is 10.4 Å². The van der Waals surface area contributed by atoms with Crippen molar-refractivity contribution in [3.8, 4) is 33.4 Å². The molecule has 9 rings (SSSR count). The first-order valence-electron chi connectivity index (χ1n) is 20.3. The predicted molar refractivity (Wildman–Crippen MR) is 254 cm³/mol. The Labute approximate surface area is 368 Å². The maximum atomic E-state index is 4.93. The van der Waals surface area contributed by atoms with Gasteiger partial charge in [-0.1, -0.05) is 162 Å². The maximum absolute atomic E-state index is 4.93. The molecule has 294 valence electrons. The third-order valence-electron chi connectivity index (χ3n) is 10.9. The van der Waals surface area contributed by atoms with Gasteiger partial charge in [0.25, 0.3) is 0 Å². The second-order valence-electron chi connectivity index (χ2n) is 16.8. The summed E-state index contributed by atoms with van der Waals surface area (Å²) in [5.74, 6) is 0. The summed E-state index contributed by atoms with van der Waals surface area (Å²) in [4.78, 5) is 0. The molecule has 1 heterocycles. The van der Waals surface area contributed by atoms with Crippen LogP contribution in [0.2, 0.25) is 0 Å². The Morgan fingerprint density at radius 3 is 1.40 bits per heavy atom. The van der Waals surface area contributed by atoms with E-state index in [1.807, 2.05) is 6.07 Å². The van der Waals surface area contributed by atoms with E-state index in [0.29, 0.717) is 0 Å². The van der Waals surface area contributed by atoms with Crippen LogP contribution in [0.4, 0.5) is 0 Å². The van der Waals surface area contributed by atoms with Gasteiger partial charge in [-0.3, -0.25) is 0 Å². The van der Waals surface area contributed by atoms with E-state index in [-0.39, 0.29) is 10.8 Å². The third-order valence-corrected chi connectivity index (χ3v) is 12.3. The van der Waals surface area contributed by atoms with E-state index < -0.39 is 20.8 Å². The van der Waals surface area contributed by atoms with Gasteiger partial charge in [0.15, 0.2) is 0 Å². The number of halogens is 2. The Morgan fingerprint density at radius 2 is 0.931 bits per heavy atom. The smallest absolute Gasteiger partial charge is 0.0920 e. The molecule has 1 aliphatic rings. The molecule has 0 aliphatic carbocycles. The normalized spacial score (nSPS) is 11.7. The summed E-state index contributed by atoms with van der Waals surface area (Å²) in [6.45, 7) is 18.1. The zero-order valence-electron chi connectivity index (χ0n) is 35.1. The van der Waals surface area contributed by atoms with Crippen molar-refractivity contribution in [2.24, 2.45) is 0 Å². The average Bonchev–Trinajstić information content (AvgIpc) is 3.97. The summed E-state index contributed by atoms with van der Waals surface area (Å²) >= 11 is -0.826. The largest absolute Gasteiger partial charge is 0.184 e. The van der Waals surface area contributed by atoms with Gasteiger partial charge >= 0.3 is 37.9 Å². The maximum Gasteiger partial charge on any atom is 0.0920 e. The Bertz CT molecular complexity index is 2410. The summed E-state index contributed by atoms with van der Waals surface area (Å²) in [5, 5.41) is 8.28. The molecule has 0 aromatic heterocycles. The van der Waals surface area contributed by atoms with Crippen LogP contribution in [0.5, 0.6) is 0 Å². The van der Waals surface area contributed by atoms with Gasteiger partial charge in [-0.05, 0) is 45.9 Å². The molecule has 0 N–H and O–H groups in total. The topological polar surface area (TPSA) is 0 Å². The van der Waals surface area contributed by atoms with Crippen molar-refractivity contribution < 1.29 is 20.8 Å². The Kier molecular flexibility index (Phi) is 14.7. The van der Waals surface area contributed by atoms with Crippen LogP contribution in [0.25, 0.3) is 54.9 Å². The zero-order valence-corrected chi connectivity index (χ0v) is 40.1. The van der Waals surface area contributed by atoms with Crippen molar-refractivity contribution in [3.05, 3.63) is 180 Å². The van der Waals surface area contributed by atoms with Gasteiger partial charge < -0.3 is 0 Å². The molecule has 0 unspecified atom stereocenters. The fraction of sp³-hybridized carbons (Fsp3) is 0.222. The van der Waals surface area contributed by atoms with E-state index in [1.165, 1.54) is 87.6 Å². The van der Waals surface area contributed by atoms with Crippen LogP contribution in [-0.2, 0) is 44.5 Å². The molecule has 0 saturated carbocycles. The number of aryl methyl sites for hydroxylation is 2. The number of hydrogen-bond acceptors (Lipinski definition) is 0. The SMILES string of the molecule is CCc1ccccc1-c1cccc2[cH-]c(C(C)(C)C)cc12.CCc1ccccc1-c1cccc2[cH-]c(C(C)(C)C)cc12.[Cl][Zr][Cl].[c-]1cccc2c1[Si]c1ccccc1-2. The van der Waals surface area contributed by atoms with E-state index >= 15 is 0 Å². The monoisotopic (exact) mass is 889 g/mol. The molecule has 0 saturated heterocycles. The van der Waals surface area contributed by atoms with Gasteiger partial charge in [0.05, 0.1) is 9.52 Å². The minimum atomic E-state index is -0.826. The standard InChI is InChI=1S/2C21H23.C12H7Si.2ClH.Zr/c2*1-5-15-9-6-7-11-18(15)19-12-8-10-16-13-17(14-20(16)19)21(2,3)4;1-3-7-11-9(5-1)10-6-2-4-8-12(10)13-11;;;/h2*6-14H,5H2,1-4H3;1-7H;2*1H;/q3*-1;;;+2/p-2. The predicted octanol–water partition coefficient (Wildman–Crippen LogP) is 14.7. The molecule has 0 bridgehead atoms. The summed E-state index contributed by atoms with van der Waals surface area (Å²) in [6, 6.07) is 58.4. The van der Waals surface area contributed by atoms with E-state index in [1.54, 1.807) is 0 Å². The summed E-state index contributed by atoms with van der Waals surface area (Å²) in [7, 11) is 10.7. The molecule has 0 fully saturated rings. The van der Waals surface area contributed by atoms with Gasteiger partial charge in [-0.15, -0.1) is 74.6 Å². The molecular formula is C54H53Cl2SiZr-3. The zero-order chi connectivity index (χ0) is 41.5. The quantitative estimate of drug-likeness (QED) is 0.122. The van der Waals surface area contributed by atoms with Crippen LogP contribution in [0.1, 0.15) is 77.6 Å². The number of benzene rings is 6. The van der Waals surface area contributed by atoms with Crippen LogP contribution in [0.3, 0.4) is 0 Å². The number of rotatable bonds is 4. The summed E-state index contributed by atoms with van der Waals surface area (Å²) < 4.78 is 0. The second-order valence-corrected chi connectivity index (χ2v) is 21.8. The Hall–Kier alpha value is -3.78. The molecule has 8 aromatic carbocycles. The molecule has 0 atom stereocenters. The van der Waals surface area contributed by atoms with Crippen LogP contribution in [0, 0.1) is 6.07 Å². The van der Waals surface area contributed by atoms with Gasteiger partial charge in [-0.25, -0.2) is 0 Å². The third kappa shape index (κ3) is 10.1. The summed E-state index contributed by atoms with van der Waals surface area (Å²) in [5.41, 5.74) is 14.3. The van der Waals surface area contributed by atoms with Crippen LogP contribution in [-0.4, -0.2) is 9.52 Å². The van der Waals surface area contributed by atoms with Gasteiger partial charge in [0.1, 0.15) is 0 Å². The average molecular weight is 892 g/mol. The molecular weight excluding hydrogens is 839 g/mol.